The quantitative estimate of drug-likeness (QED) is 0.945. The molecule has 18 heavy (non-hydrogen) atoms. The van der Waals surface area contributed by atoms with Gasteiger partial charge in [0.2, 0.25) is 0 Å². The Morgan fingerprint density at radius 2 is 2.17 bits per heavy atom. The number of halogens is 1. The molecule has 1 aromatic heterocycles. The van der Waals surface area contributed by atoms with E-state index in [0.717, 1.165) is 21.5 Å². The number of ether oxygens (including phenoxy) is 1. The predicted octanol–water partition coefficient (Wildman–Crippen LogP) is 2.94. The number of benzene rings is 1. The summed E-state index contributed by atoms with van der Waals surface area (Å²) in [4.78, 5) is 4.38. The maximum absolute atomic E-state index is 5.90. The summed E-state index contributed by atoms with van der Waals surface area (Å²) >= 11 is 3.48. The minimum absolute atomic E-state index is 0.0404. The van der Waals surface area contributed by atoms with Gasteiger partial charge in [-0.25, -0.2) is 0 Å². The van der Waals surface area contributed by atoms with Crippen molar-refractivity contribution in [1.29, 1.82) is 0 Å². The average molecular weight is 307 g/mol. The van der Waals surface area contributed by atoms with Crippen molar-refractivity contribution >= 4 is 15.9 Å². The van der Waals surface area contributed by atoms with Gasteiger partial charge in [-0.2, -0.15) is 0 Å². The van der Waals surface area contributed by atoms with Gasteiger partial charge in [0.15, 0.2) is 0 Å². The molecule has 2 N–H and O–H groups in total. The van der Waals surface area contributed by atoms with Crippen LogP contribution in [0.4, 0.5) is 0 Å². The Kier molecular flexibility index (Phi) is 4.33. The molecule has 0 radical (unpaired) electrons. The molecule has 2 rings (SSSR count). The van der Waals surface area contributed by atoms with Crippen LogP contribution in [0.15, 0.2) is 47.1 Å². The zero-order valence-electron chi connectivity index (χ0n) is 10.1. The van der Waals surface area contributed by atoms with Crippen molar-refractivity contribution in [3.63, 3.8) is 0 Å². The molecule has 1 aromatic carbocycles. The summed E-state index contributed by atoms with van der Waals surface area (Å²) in [6, 6.07) is 11.8. The molecule has 1 unspecified atom stereocenters. The second kappa shape index (κ2) is 5.98. The van der Waals surface area contributed by atoms with E-state index in [-0.39, 0.29) is 5.92 Å². The highest BCUT2D eigenvalue weighted by Crippen LogP contribution is 2.32. The summed E-state index contributed by atoms with van der Waals surface area (Å²) in [5, 5.41) is 0. The number of hydrogen-bond acceptors (Lipinski definition) is 3. The Hall–Kier alpha value is -1.39. The van der Waals surface area contributed by atoms with Crippen LogP contribution in [0, 0.1) is 0 Å². The fourth-order valence-corrected chi connectivity index (χ4v) is 2.35. The van der Waals surface area contributed by atoms with Crippen LogP contribution in [0.1, 0.15) is 17.2 Å². The van der Waals surface area contributed by atoms with Crippen LogP contribution in [-0.4, -0.2) is 18.6 Å². The topological polar surface area (TPSA) is 48.1 Å². The van der Waals surface area contributed by atoms with Gasteiger partial charge in [-0.05, 0) is 30.3 Å². The highest BCUT2D eigenvalue weighted by molar-refractivity contribution is 9.10. The summed E-state index contributed by atoms with van der Waals surface area (Å²) in [5.41, 5.74) is 7.90. The minimum Gasteiger partial charge on any atom is -0.496 e. The molecule has 3 nitrogen and oxygen atoms in total. The van der Waals surface area contributed by atoms with Gasteiger partial charge in [0, 0.05) is 34.4 Å². The summed E-state index contributed by atoms with van der Waals surface area (Å²) < 4.78 is 6.41. The van der Waals surface area contributed by atoms with Crippen molar-refractivity contribution < 1.29 is 4.74 Å². The summed E-state index contributed by atoms with van der Waals surface area (Å²) in [7, 11) is 1.67. The number of aromatic nitrogens is 1. The molecule has 0 saturated heterocycles. The van der Waals surface area contributed by atoms with Crippen molar-refractivity contribution in [3.05, 3.63) is 58.3 Å². The Labute approximate surface area is 115 Å². The van der Waals surface area contributed by atoms with Gasteiger partial charge in [-0.3, -0.25) is 4.98 Å². The summed E-state index contributed by atoms with van der Waals surface area (Å²) in [6.07, 6.45) is 1.78. The third-order valence-corrected chi connectivity index (χ3v) is 3.34. The highest BCUT2D eigenvalue weighted by Gasteiger charge is 2.18. The number of rotatable bonds is 4. The van der Waals surface area contributed by atoms with E-state index < -0.39 is 0 Å². The van der Waals surface area contributed by atoms with E-state index in [9.17, 15) is 0 Å². The molecular formula is C14H15BrN2O. The largest absolute Gasteiger partial charge is 0.496 e. The molecule has 4 heteroatoms. The van der Waals surface area contributed by atoms with E-state index in [1.165, 1.54) is 0 Å². The SMILES string of the molecule is COc1ccc(Br)cc1C(CN)c1ccccn1. The van der Waals surface area contributed by atoms with Crippen LogP contribution in [0.25, 0.3) is 0 Å². The Balaban J connectivity index is 2.48. The molecule has 0 aliphatic rings. The van der Waals surface area contributed by atoms with Crippen LogP contribution in [-0.2, 0) is 0 Å². The van der Waals surface area contributed by atoms with Gasteiger partial charge < -0.3 is 10.5 Å². The van der Waals surface area contributed by atoms with E-state index >= 15 is 0 Å². The molecule has 0 saturated carbocycles. The molecule has 0 aliphatic carbocycles. The normalized spacial score (nSPS) is 12.2. The zero-order valence-corrected chi connectivity index (χ0v) is 11.7. The van der Waals surface area contributed by atoms with Gasteiger partial charge in [-0.1, -0.05) is 22.0 Å². The van der Waals surface area contributed by atoms with Crippen LogP contribution >= 0.6 is 15.9 Å². The Morgan fingerprint density at radius 3 is 2.78 bits per heavy atom. The van der Waals surface area contributed by atoms with E-state index in [4.69, 9.17) is 10.5 Å². The maximum atomic E-state index is 5.90. The Bertz CT molecular complexity index is 516. The Morgan fingerprint density at radius 1 is 1.33 bits per heavy atom. The van der Waals surface area contributed by atoms with Crippen molar-refractivity contribution in [2.24, 2.45) is 5.73 Å². The molecule has 0 amide bonds. The number of nitrogens with zero attached hydrogens (tertiary/aromatic N) is 1. The summed E-state index contributed by atoms with van der Waals surface area (Å²) in [6.45, 7) is 0.490. The number of pyridine rings is 1. The monoisotopic (exact) mass is 306 g/mol. The molecule has 1 heterocycles. The molecule has 0 spiro atoms. The number of nitrogens with two attached hydrogens (primary N) is 1. The van der Waals surface area contributed by atoms with E-state index in [1.807, 2.05) is 36.4 Å². The first-order valence-corrected chi connectivity index (χ1v) is 6.50. The summed E-state index contributed by atoms with van der Waals surface area (Å²) in [5.74, 6) is 0.873. The number of hydrogen-bond donors (Lipinski definition) is 1. The van der Waals surface area contributed by atoms with Crippen LogP contribution in [0.2, 0.25) is 0 Å². The molecule has 0 aliphatic heterocycles. The fourth-order valence-electron chi connectivity index (χ4n) is 1.97. The molecule has 1 atom stereocenters. The second-order valence-corrected chi connectivity index (χ2v) is 4.84. The van der Waals surface area contributed by atoms with Crippen molar-refractivity contribution in [2.75, 3.05) is 13.7 Å². The lowest BCUT2D eigenvalue weighted by molar-refractivity contribution is 0.407. The van der Waals surface area contributed by atoms with Gasteiger partial charge in [-0.15, -0.1) is 0 Å². The van der Waals surface area contributed by atoms with Gasteiger partial charge in [0.05, 0.1) is 7.11 Å². The molecule has 94 valence electrons. The standard InChI is InChI=1S/C14H15BrN2O/c1-18-14-6-5-10(15)8-11(14)12(9-16)13-4-2-3-7-17-13/h2-8,12H,9,16H2,1H3. The van der Waals surface area contributed by atoms with Gasteiger partial charge >= 0.3 is 0 Å². The maximum Gasteiger partial charge on any atom is 0.122 e. The van der Waals surface area contributed by atoms with Crippen LogP contribution in [0.3, 0.4) is 0 Å². The smallest absolute Gasteiger partial charge is 0.122 e. The van der Waals surface area contributed by atoms with Crippen LogP contribution in [0.5, 0.6) is 5.75 Å². The highest BCUT2D eigenvalue weighted by atomic mass is 79.9. The lowest BCUT2D eigenvalue weighted by atomic mass is 9.94. The first kappa shape index (κ1) is 13.1. The van der Waals surface area contributed by atoms with E-state index in [1.54, 1.807) is 13.3 Å². The van der Waals surface area contributed by atoms with Gasteiger partial charge in [0.25, 0.3) is 0 Å². The molecule has 0 fully saturated rings. The lowest BCUT2D eigenvalue weighted by Gasteiger charge is -2.18. The first-order chi connectivity index (χ1) is 8.76. The molecule has 0 bridgehead atoms. The first-order valence-electron chi connectivity index (χ1n) is 5.70. The van der Waals surface area contributed by atoms with E-state index in [2.05, 4.69) is 20.9 Å². The third kappa shape index (κ3) is 2.71. The van der Waals surface area contributed by atoms with Crippen molar-refractivity contribution in [2.45, 2.75) is 5.92 Å². The third-order valence-electron chi connectivity index (χ3n) is 2.85. The lowest BCUT2D eigenvalue weighted by Crippen LogP contribution is -2.16. The number of methoxy groups -OCH3 is 1. The van der Waals surface area contributed by atoms with Crippen molar-refractivity contribution in [1.82, 2.24) is 4.98 Å². The molecule has 2 aromatic rings. The fraction of sp³-hybridized carbons (Fsp3) is 0.214. The van der Waals surface area contributed by atoms with Crippen LogP contribution < -0.4 is 10.5 Å². The zero-order chi connectivity index (χ0) is 13.0. The van der Waals surface area contributed by atoms with Gasteiger partial charge in [0.1, 0.15) is 5.75 Å². The minimum atomic E-state index is 0.0404. The van der Waals surface area contributed by atoms with E-state index in [0.29, 0.717) is 6.54 Å². The van der Waals surface area contributed by atoms with Crippen molar-refractivity contribution in [3.8, 4) is 5.75 Å². The molecular weight excluding hydrogens is 292 g/mol. The average Bonchev–Trinajstić information content (AvgIpc) is 2.41. The second-order valence-electron chi connectivity index (χ2n) is 3.93. The predicted molar refractivity (Wildman–Crippen MR) is 75.8 cm³/mol.